The first-order valence-corrected chi connectivity index (χ1v) is 5.54. The van der Waals surface area contributed by atoms with E-state index in [1.165, 1.54) is 6.07 Å². The van der Waals surface area contributed by atoms with Gasteiger partial charge in [0.25, 0.3) is 0 Å². The molecule has 4 heteroatoms. The minimum atomic E-state index is -0.380. The van der Waals surface area contributed by atoms with Crippen LogP contribution in [0.1, 0.15) is 16.7 Å². The van der Waals surface area contributed by atoms with Crippen molar-refractivity contribution in [3.63, 3.8) is 0 Å². The summed E-state index contributed by atoms with van der Waals surface area (Å²) in [6.45, 7) is 2.28. The van der Waals surface area contributed by atoms with Crippen LogP contribution in [0.25, 0.3) is 0 Å². The molecule has 0 aliphatic heterocycles. The van der Waals surface area contributed by atoms with E-state index in [1.807, 2.05) is 25.1 Å². The normalized spacial score (nSPS) is 9.83. The zero-order valence-corrected chi connectivity index (χ0v) is 9.94. The lowest BCUT2D eigenvalue weighted by Gasteiger charge is -2.08. The molecule has 1 aromatic carbocycles. The molecule has 0 atom stereocenters. The quantitative estimate of drug-likeness (QED) is 0.898. The monoisotopic (exact) mass is 241 g/mol. The number of nitrogens with one attached hydrogen (secondary N) is 1. The van der Waals surface area contributed by atoms with E-state index in [2.05, 4.69) is 10.3 Å². The van der Waals surface area contributed by atoms with Gasteiger partial charge in [0.2, 0.25) is 0 Å². The van der Waals surface area contributed by atoms with Crippen molar-refractivity contribution in [3.8, 4) is 6.07 Å². The summed E-state index contributed by atoms with van der Waals surface area (Å²) < 4.78 is 13.6. The highest BCUT2D eigenvalue weighted by atomic mass is 19.1. The molecule has 1 N–H and O–H groups in total. The maximum absolute atomic E-state index is 13.6. The predicted octanol–water partition coefficient (Wildman–Crippen LogP) is 3.01. The molecule has 90 valence electrons. The second-order valence-electron chi connectivity index (χ2n) is 3.94. The van der Waals surface area contributed by atoms with E-state index in [4.69, 9.17) is 5.26 Å². The lowest BCUT2D eigenvalue weighted by molar-refractivity contribution is 0.612. The first-order chi connectivity index (χ1) is 8.70. The Morgan fingerprint density at radius 3 is 2.89 bits per heavy atom. The van der Waals surface area contributed by atoms with Crippen molar-refractivity contribution >= 4 is 5.82 Å². The molecule has 0 saturated heterocycles. The largest absolute Gasteiger partial charge is 0.366 e. The predicted molar refractivity (Wildman–Crippen MR) is 67.4 cm³/mol. The minimum Gasteiger partial charge on any atom is -0.366 e. The molecule has 0 amide bonds. The minimum absolute atomic E-state index is 0.324. The van der Waals surface area contributed by atoms with Crippen LogP contribution in [0.15, 0.2) is 36.5 Å². The molecule has 1 heterocycles. The van der Waals surface area contributed by atoms with Crippen LogP contribution in [-0.2, 0) is 6.54 Å². The van der Waals surface area contributed by atoms with Crippen LogP contribution in [0.4, 0.5) is 10.2 Å². The molecule has 0 saturated carbocycles. The highest BCUT2D eigenvalue weighted by molar-refractivity contribution is 5.43. The number of hydrogen-bond acceptors (Lipinski definition) is 3. The van der Waals surface area contributed by atoms with Crippen LogP contribution < -0.4 is 5.32 Å². The molecular weight excluding hydrogens is 229 g/mol. The van der Waals surface area contributed by atoms with Gasteiger partial charge in [-0.2, -0.15) is 5.26 Å². The Hall–Kier alpha value is -2.41. The van der Waals surface area contributed by atoms with Crippen LogP contribution in [-0.4, -0.2) is 4.98 Å². The summed E-state index contributed by atoms with van der Waals surface area (Å²) in [6.07, 6.45) is 1.68. The van der Waals surface area contributed by atoms with Crippen LogP contribution in [0.3, 0.4) is 0 Å². The van der Waals surface area contributed by atoms with E-state index in [1.54, 1.807) is 18.3 Å². The van der Waals surface area contributed by atoms with Crippen molar-refractivity contribution in [2.45, 2.75) is 13.5 Å². The van der Waals surface area contributed by atoms with E-state index in [9.17, 15) is 4.39 Å². The summed E-state index contributed by atoms with van der Waals surface area (Å²) in [5.41, 5.74) is 1.84. The van der Waals surface area contributed by atoms with E-state index < -0.39 is 0 Å². The van der Waals surface area contributed by atoms with Crippen molar-refractivity contribution in [1.29, 1.82) is 5.26 Å². The summed E-state index contributed by atoms with van der Waals surface area (Å²) >= 11 is 0. The highest BCUT2D eigenvalue weighted by Crippen LogP contribution is 2.14. The van der Waals surface area contributed by atoms with E-state index >= 15 is 0 Å². The van der Waals surface area contributed by atoms with Gasteiger partial charge >= 0.3 is 0 Å². The fourth-order valence-corrected chi connectivity index (χ4v) is 1.61. The van der Waals surface area contributed by atoms with Crippen molar-refractivity contribution in [2.75, 3.05) is 5.32 Å². The number of nitrogens with zero attached hydrogens (tertiary/aromatic N) is 2. The average molecular weight is 241 g/mol. The van der Waals surface area contributed by atoms with E-state index in [0.29, 0.717) is 17.7 Å². The van der Waals surface area contributed by atoms with E-state index in [-0.39, 0.29) is 5.82 Å². The molecule has 0 radical (unpaired) electrons. The Labute approximate surface area is 105 Å². The molecule has 3 nitrogen and oxygen atoms in total. The first kappa shape index (κ1) is 12.1. The SMILES string of the molecule is Cc1cccnc1NCc1ccc(C#N)cc1F. The van der Waals surface area contributed by atoms with Crippen LogP contribution in [0.2, 0.25) is 0 Å². The summed E-state index contributed by atoms with van der Waals surface area (Å²) in [5.74, 6) is 0.358. The zero-order chi connectivity index (χ0) is 13.0. The van der Waals surface area contributed by atoms with Gasteiger partial charge in [-0.1, -0.05) is 12.1 Å². The molecule has 0 unspecified atom stereocenters. The van der Waals surface area contributed by atoms with Crippen molar-refractivity contribution in [2.24, 2.45) is 0 Å². The number of nitriles is 1. The molecule has 0 spiro atoms. The maximum Gasteiger partial charge on any atom is 0.129 e. The standard InChI is InChI=1S/C14H12FN3/c1-10-3-2-6-17-14(10)18-9-12-5-4-11(8-16)7-13(12)15/h2-7H,9H2,1H3,(H,17,18). The Morgan fingerprint density at radius 2 is 2.22 bits per heavy atom. The Balaban J connectivity index is 2.12. The molecule has 2 rings (SSSR count). The number of aromatic nitrogens is 1. The number of rotatable bonds is 3. The molecule has 0 aliphatic carbocycles. The Bertz CT molecular complexity index is 602. The summed E-state index contributed by atoms with van der Waals surface area (Å²) in [7, 11) is 0. The number of anilines is 1. The average Bonchev–Trinajstić information content (AvgIpc) is 2.39. The second kappa shape index (κ2) is 5.28. The lowest BCUT2D eigenvalue weighted by atomic mass is 10.1. The van der Waals surface area contributed by atoms with Gasteiger partial charge in [0.15, 0.2) is 0 Å². The van der Waals surface area contributed by atoms with Gasteiger partial charge in [-0.05, 0) is 30.7 Å². The topological polar surface area (TPSA) is 48.7 Å². The van der Waals surface area contributed by atoms with Crippen LogP contribution in [0, 0.1) is 24.1 Å². The van der Waals surface area contributed by atoms with Gasteiger partial charge in [-0.15, -0.1) is 0 Å². The molecular formula is C14H12FN3. The molecule has 0 fully saturated rings. The summed E-state index contributed by atoms with van der Waals surface area (Å²) in [5, 5.41) is 11.7. The molecule has 1 aromatic heterocycles. The fraction of sp³-hybridized carbons (Fsp3) is 0.143. The summed E-state index contributed by atoms with van der Waals surface area (Å²) in [4.78, 5) is 4.17. The van der Waals surface area contributed by atoms with Crippen molar-refractivity contribution in [1.82, 2.24) is 4.98 Å². The first-order valence-electron chi connectivity index (χ1n) is 5.54. The second-order valence-corrected chi connectivity index (χ2v) is 3.94. The van der Waals surface area contributed by atoms with E-state index in [0.717, 1.165) is 11.4 Å². The highest BCUT2D eigenvalue weighted by Gasteiger charge is 2.04. The maximum atomic E-state index is 13.6. The molecule has 18 heavy (non-hydrogen) atoms. The number of pyridine rings is 1. The molecule has 2 aromatic rings. The van der Waals surface area contributed by atoms with Crippen LogP contribution in [0.5, 0.6) is 0 Å². The zero-order valence-electron chi connectivity index (χ0n) is 9.94. The van der Waals surface area contributed by atoms with Crippen molar-refractivity contribution < 1.29 is 4.39 Å². The van der Waals surface area contributed by atoms with Crippen LogP contribution >= 0.6 is 0 Å². The third-order valence-electron chi connectivity index (χ3n) is 2.64. The third kappa shape index (κ3) is 2.64. The molecule has 0 aliphatic rings. The number of halogens is 1. The van der Waals surface area contributed by atoms with Crippen molar-refractivity contribution in [3.05, 3.63) is 59.0 Å². The van der Waals surface area contributed by atoms with Gasteiger partial charge < -0.3 is 5.32 Å². The number of benzene rings is 1. The van der Waals surface area contributed by atoms with Gasteiger partial charge in [0.05, 0.1) is 11.6 Å². The lowest BCUT2D eigenvalue weighted by Crippen LogP contribution is -2.04. The van der Waals surface area contributed by atoms with Gasteiger partial charge in [0, 0.05) is 18.3 Å². The Morgan fingerprint density at radius 1 is 1.39 bits per heavy atom. The third-order valence-corrected chi connectivity index (χ3v) is 2.64. The van der Waals surface area contributed by atoms with Gasteiger partial charge in [-0.3, -0.25) is 0 Å². The summed E-state index contributed by atoms with van der Waals surface area (Å²) in [6, 6.07) is 10.1. The number of aryl methyl sites for hydroxylation is 1. The smallest absolute Gasteiger partial charge is 0.129 e. The van der Waals surface area contributed by atoms with Gasteiger partial charge in [-0.25, -0.2) is 9.37 Å². The Kier molecular flexibility index (Phi) is 3.54. The number of hydrogen-bond donors (Lipinski definition) is 1. The van der Waals surface area contributed by atoms with Gasteiger partial charge in [0.1, 0.15) is 11.6 Å². The molecule has 0 bridgehead atoms. The fourth-order valence-electron chi connectivity index (χ4n) is 1.61.